The van der Waals surface area contributed by atoms with Gasteiger partial charge in [-0.15, -0.1) is 0 Å². The van der Waals surface area contributed by atoms with Crippen LogP contribution < -0.4 is 11.1 Å². The summed E-state index contributed by atoms with van der Waals surface area (Å²) in [5.41, 5.74) is 8.58. The van der Waals surface area contributed by atoms with Gasteiger partial charge in [-0.2, -0.15) is 0 Å². The second-order valence-corrected chi connectivity index (χ2v) is 7.24. The van der Waals surface area contributed by atoms with Crippen molar-refractivity contribution in [2.75, 3.05) is 13.6 Å². The van der Waals surface area contributed by atoms with Crippen LogP contribution in [0.2, 0.25) is 0 Å². The van der Waals surface area contributed by atoms with Crippen LogP contribution in [0.4, 0.5) is 0 Å². The van der Waals surface area contributed by atoms with Crippen molar-refractivity contribution in [2.24, 2.45) is 29.4 Å². The van der Waals surface area contributed by atoms with E-state index in [2.05, 4.69) is 32.3 Å². The highest BCUT2D eigenvalue weighted by Gasteiger charge is 2.39. The Balaban J connectivity index is 2.26. The van der Waals surface area contributed by atoms with Crippen LogP contribution in [-0.2, 0) is 0 Å². The highest BCUT2D eigenvalue weighted by atomic mass is 14.8. The topological polar surface area (TPSA) is 38.0 Å². The van der Waals surface area contributed by atoms with Crippen LogP contribution in [0.25, 0.3) is 0 Å². The van der Waals surface area contributed by atoms with E-state index in [4.69, 9.17) is 5.73 Å². The molecule has 1 saturated carbocycles. The molecule has 21 heavy (non-hydrogen) atoms. The van der Waals surface area contributed by atoms with Crippen molar-refractivity contribution in [3.05, 3.63) is 11.6 Å². The lowest BCUT2D eigenvalue weighted by Crippen LogP contribution is -2.42. The van der Waals surface area contributed by atoms with Crippen LogP contribution in [0.5, 0.6) is 0 Å². The Morgan fingerprint density at radius 1 is 1.29 bits per heavy atom. The fourth-order valence-electron chi connectivity index (χ4n) is 4.84. The van der Waals surface area contributed by atoms with Gasteiger partial charge in [0.15, 0.2) is 0 Å². The zero-order valence-corrected chi connectivity index (χ0v) is 14.4. The van der Waals surface area contributed by atoms with Crippen LogP contribution in [0.15, 0.2) is 11.6 Å². The van der Waals surface area contributed by atoms with Gasteiger partial charge < -0.3 is 11.1 Å². The van der Waals surface area contributed by atoms with Crippen molar-refractivity contribution in [1.82, 2.24) is 5.32 Å². The van der Waals surface area contributed by atoms with Gasteiger partial charge >= 0.3 is 0 Å². The minimum atomic E-state index is 0.381. The van der Waals surface area contributed by atoms with Crippen molar-refractivity contribution in [1.29, 1.82) is 0 Å². The molecule has 5 unspecified atom stereocenters. The minimum Gasteiger partial charge on any atom is -0.327 e. The largest absolute Gasteiger partial charge is 0.327 e. The van der Waals surface area contributed by atoms with Gasteiger partial charge in [0.2, 0.25) is 0 Å². The molecule has 5 atom stereocenters. The summed E-state index contributed by atoms with van der Waals surface area (Å²) in [6.07, 6.45) is 13.2. The van der Waals surface area contributed by atoms with E-state index in [9.17, 15) is 0 Å². The molecule has 0 aliphatic heterocycles. The molecule has 0 aromatic rings. The van der Waals surface area contributed by atoms with Gasteiger partial charge in [-0.05, 0) is 75.8 Å². The van der Waals surface area contributed by atoms with Crippen molar-refractivity contribution >= 4 is 0 Å². The SMILES string of the molecule is CCC1CCC2CCCC=C2C(C(CC)CCNC)C1N. The minimum absolute atomic E-state index is 0.381. The molecule has 0 spiro atoms. The monoisotopic (exact) mass is 292 g/mol. The number of nitrogens with two attached hydrogens (primary N) is 1. The van der Waals surface area contributed by atoms with Crippen LogP contribution in [-0.4, -0.2) is 19.6 Å². The molecule has 0 radical (unpaired) electrons. The van der Waals surface area contributed by atoms with E-state index in [1.165, 1.54) is 51.4 Å². The van der Waals surface area contributed by atoms with Crippen molar-refractivity contribution in [2.45, 2.75) is 71.3 Å². The highest BCUT2D eigenvalue weighted by Crippen LogP contribution is 2.45. The molecule has 0 aromatic heterocycles. The van der Waals surface area contributed by atoms with Gasteiger partial charge in [0, 0.05) is 6.04 Å². The van der Waals surface area contributed by atoms with Gasteiger partial charge in [0.25, 0.3) is 0 Å². The average molecular weight is 293 g/mol. The Morgan fingerprint density at radius 3 is 2.76 bits per heavy atom. The van der Waals surface area contributed by atoms with Crippen molar-refractivity contribution in [3.63, 3.8) is 0 Å². The molecule has 122 valence electrons. The normalized spacial score (nSPS) is 34.8. The Kier molecular flexibility index (Phi) is 6.75. The number of hydrogen-bond donors (Lipinski definition) is 2. The number of fused-ring (bicyclic) bond motifs is 1. The second kappa shape index (κ2) is 8.33. The molecule has 0 heterocycles. The number of nitrogens with one attached hydrogen (secondary N) is 1. The molecule has 0 amide bonds. The summed E-state index contributed by atoms with van der Waals surface area (Å²) in [6.45, 7) is 5.81. The van der Waals surface area contributed by atoms with Crippen LogP contribution in [0.1, 0.15) is 65.2 Å². The first-order valence-electron chi connectivity index (χ1n) is 9.32. The van der Waals surface area contributed by atoms with E-state index < -0.39 is 0 Å². The summed E-state index contributed by atoms with van der Waals surface area (Å²) in [7, 11) is 2.07. The molecule has 2 rings (SSSR count). The molecular weight excluding hydrogens is 256 g/mol. The lowest BCUT2D eigenvalue weighted by molar-refractivity contribution is 0.237. The zero-order chi connectivity index (χ0) is 15.2. The molecule has 0 saturated heterocycles. The first kappa shape index (κ1) is 17.0. The summed E-state index contributed by atoms with van der Waals surface area (Å²) in [5.74, 6) is 2.97. The zero-order valence-electron chi connectivity index (χ0n) is 14.4. The molecule has 2 nitrogen and oxygen atoms in total. The molecular formula is C19H36N2. The Hall–Kier alpha value is -0.340. The summed E-state index contributed by atoms with van der Waals surface area (Å²) in [4.78, 5) is 0. The average Bonchev–Trinajstić information content (AvgIpc) is 2.65. The predicted molar refractivity (Wildman–Crippen MR) is 92.2 cm³/mol. The number of rotatable bonds is 6. The molecule has 2 heteroatoms. The Bertz CT molecular complexity index is 336. The quantitative estimate of drug-likeness (QED) is 0.723. The third-order valence-electron chi connectivity index (χ3n) is 6.16. The Labute approximate surface area is 131 Å². The van der Waals surface area contributed by atoms with Gasteiger partial charge in [-0.3, -0.25) is 0 Å². The molecule has 2 aliphatic rings. The lowest BCUT2D eigenvalue weighted by Gasteiger charge is -2.38. The maximum absolute atomic E-state index is 6.83. The molecule has 2 aliphatic carbocycles. The molecule has 3 N–H and O–H groups in total. The van der Waals surface area contributed by atoms with Gasteiger partial charge in [0.1, 0.15) is 0 Å². The van der Waals surface area contributed by atoms with Crippen LogP contribution in [0, 0.1) is 23.7 Å². The standard InChI is InChI=1S/C19H36N2/c1-4-14(12-13-21-3)18-17-9-7-6-8-16(17)11-10-15(5-2)19(18)20/h9,14-16,18-19,21H,4-8,10-13,20H2,1-3H3. The van der Waals surface area contributed by atoms with E-state index in [0.29, 0.717) is 12.0 Å². The second-order valence-electron chi connectivity index (χ2n) is 7.24. The molecule has 0 bridgehead atoms. The van der Waals surface area contributed by atoms with E-state index in [0.717, 1.165) is 24.3 Å². The van der Waals surface area contributed by atoms with E-state index in [-0.39, 0.29) is 0 Å². The fraction of sp³-hybridized carbons (Fsp3) is 0.895. The predicted octanol–water partition coefficient (Wildman–Crippen LogP) is 4.11. The summed E-state index contributed by atoms with van der Waals surface area (Å²) in [5, 5.41) is 3.34. The smallest absolute Gasteiger partial charge is 0.0136 e. The third kappa shape index (κ3) is 3.90. The van der Waals surface area contributed by atoms with Gasteiger partial charge in [-0.1, -0.05) is 38.3 Å². The summed E-state index contributed by atoms with van der Waals surface area (Å²) < 4.78 is 0. The molecule has 0 aromatic carbocycles. The maximum Gasteiger partial charge on any atom is 0.0136 e. The van der Waals surface area contributed by atoms with Crippen LogP contribution in [0.3, 0.4) is 0 Å². The Morgan fingerprint density at radius 2 is 2.10 bits per heavy atom. The third-order valence-corrected chi connectivity index (χ3v) is 6.16. The molecule has 1 fully saturated rings. The van der Waals surface area contributed by atoms with Gasteiger partial charge in [0.05, 0.1) is 0 Å². The van der Waals surface area contributed by atoms with Crippen molar-refractivity contribution in [3.8, 4) is 0 Å². The fourth-order valence-corrected chi connectivity index (χ4v) is 4.84. The first-order valence-corrected chi connectivity index (χ1v) is 9.32. The van der Waals surface area contributed by atoms with E-state index >= 15 is 0 Å². The van der Waals surface area contributed by atoms with Crippen LogP contribution >= 0.6 is 0 Å². The summed E-state index contributed by atoms with van der Waals surface area (Å²) >= 11 is 0. The number of allylic oxidation sites excluding steroid dienone is 1. The first-order chi connectivity index (χ1) is 10.2. The van der Waals surface area contributed by atoms with E-state index in [1.54, 1.807) is 5.57 Å². The van der Waals surface area contributed by atoms with E-state index in [1.807, 2.05) is 0 Å². The lowest BCUT2D eigenvalue weighted by atomic mass is 9.70. The highest BCUT2D eigenvalue weighted by molar-refractivity contribution is 5.19. The van der Waals surface area contributed by atoms with Gasteiger partial charge in [-0.25, -0.2) is 0 Å². The number of hydrogen-bond acceptors (Lipinski definition) is 2. The summed E-state index contributed by atoms with van der Waals surface area (Å²) in [6, 6.07) is 0.381. The maximum atomic E-state index is 6.83. The van der Waals surface area contributed by atoms with Crippen molar-refractivity contribution < 1.29 is 0 Å².